The molecular weight excluding hydrogens is 272 g/mol. The third kappa shape index (κ3) is 5.21. The molecule has 1 aromatic carbocycles. The maximum atomic E-state index is 12.3. The minimum Gasteiger partial charge on any atom is -0.333 e. The average molecular weight is 302 g/mol. The Morgan fingerprint density at radius 2 is 1.82 bits per heavy atom. The van der Waals surface area contributed by atoms with Crippen LogP contribution >= 0.6 is 0 Å². The van der Waals surface area contributed by atoms with Crippen molar-refractivity contribution in [2.24, 2.45) is 0 Å². The van der Waals surface area contributed by atoms with Crippen LogP contribution in [0, 0.1) is 0 Å². The molecule has 0 spiro atoms. The number of carbonyl (C=O) groups is 1. The van der Waals surface area contributed by atoms with Crippen LogP contribution in [0.15, 0.2) is 30.8 Å². The fourth-order valence-electron chi connectivity index (χ4n) is 2.56. The number of benzene rings is 1. The van der Waals surface area contributed by atoms with Crippen molar-refractivity contribution in [3.63, 3.8) is 0 Å². The fourth-order valence-corrected chi connectivity index (χ4v) is 2.56. The topological polar surface area (TPSA) is 41.1 Å². The zero-order chi connectivity index (χ0) is 17.0. The molecule has 1 aromatic rings. The molecule has 0 aliphatic rings. The average Bonchev–Trinajstić information content (AvgIpc) is 2.37. The lowest BCUT2D eigenvalue weighted by Gasteiger charge is -2.31. The van der Waals surface area contributed by atoms with E-state index in [-0.39, 0.29) is 11.6 Å². The Bertz CT molecular complexity index is 544. The summed E-state index contributed by atoms with van der Waals surface area (Å²) in [7, 11) is 0. The third-order valence-corrected chi connectivity index (χ3v) is 3.83. The van der Waals surface area contributed by atoms with Crippen LogP contribution in [0.1, 0.15) is 65.5 Å². The Balaban J connectivity index is 2.84. The fraction of sp³-hybridized carbons (Fsp3) is 0.526. The molecule has 2 N–H and O–H groups in total. The second kappa shape index (κ2) is 6.99. The Morgan fingerprint density at radius 1 is 1.18 bits per heavy atom. The van der Waals surface area contributed by atoms with Crippen molar-refractivity contribution in [2.75, 3.05) is 0 Å². The number of carbonyl (C=O) groups excluding carboxylic acids is 1. The van der Waals surface area contributed by atoms with E-state index in [1.807, 2.05) is 52.8 Å². The van der Waals surface area contributed by atoms with E-state index in [4.69, 9.17) is 0 Å². The molecule has 2 amide bonds. The summed E-state index contributed by atoms with van der Waals surface area (Å²) in [4.78, 5) is 12.3. The number of amides is 2. The summed E-state index contributed by atoms with van der Waals surface area (Å²) in [6.45, 7) is 16.2. The second-order valence-electron chi connectivity index (χ2n) is 7.20. The first-order valence-corrected chi connectivity index (χ1v) is 7.94. The van der Waals surface area contributed by atoms with Crippen LogP contribution in [0.4, 0.5) is 4.79 Å². The Kier molecular flexibility index (Phi) is 5.81. The van der Waals surface area contributed by atoms with E-state index in [1.165, 1.54) is 0 Å². The Hall–Kier alpha value is -1.77. The predicted molar refractivity (Wildman–Crippen MR) is 94.8 cm³/mol. The molecule has 0 fully saturated rings. The minimum atomic E-state index is -0.447. The SMILES string of the molecule is C=C(C)c1cccc(C(C)(C)NC(=O)NC(C)(C)CCC)c1. The van der Waals surface area contributed by atoms with E-state index in [2.05, 4.69) is 30.2 Å². The molecule has 0 heterocycles. The van der Waals surface area contributed by atoms with Gasteiger partial charge >= 0.3 is 6.03 Å². The molecule has 0 aliphatic carbocycles. The highest BCUT2D eigenvalue weighted by atomic mass is 16.2. The Labute approximate surface area is 135 Å². The molecule has 0 radical (unpaired) electrons. The van der Waals surface area contributed by atoms with Crippen LogP contribution in [0.3, 0.4) is 0 Å². The lowest BCUT2D eigenvalue weighted by Crippen LogP contribution is -2.53. The van der Waals surface area contributed by atoms with E-state index < -0.39 is 5.54 Å². The number of urea groups is 1. The lowest BCUT2D eigenvalue weighted by molar-refractivity contribution is 0.217. The van der Waals surface area contributed by atoms with Gasteiger partial charge in [-0.05, 0) is 58.2 Å². The van der Waals surface area contributed by atoms with Gasteiger partial charge in [-0.25, -0.2) is 4.79 Å². The van der Waals surface area contributed by atoms with Crippen molar-refractivity contribution in [3.8, 4) is 0 Å². The van der Waals surface area contributed by atoms with Gasteiger partial charge in [0.2, 0.25) is 0 Å². The van der Waals surface area contributed by atoms with Gasteiger partial charge in [-0.1, -0.05) is 43.7 Å². The minimum absolute atomic E-state index is 0.135. The van der Waals surface area contributed by atoms with Gasteiger partial charge in [0.25, 0.3) is 0 Å². The molecule has 3 nitrogen and oxygen atoms in total. The van der Waals surface area contributed by atoms with Crippen LogP contribution in [0.5, 0.6) is 0 Å². The highest BCUT2D eigenvalue weighted by molar-refractivity contribution is 5.76. The lowest BCUT2D eigenvalue weighted by atomic mass is 9.91. The zero-order valence-corrected chi connectivity index (χ0v) is 14.8. The highest BCUT2D eigenvalue weighted by Crippen LogP contribution is 2.23. The first-order valence-electron chi connectivity index (χ1n) is 7.94. The smallest absolute Gasteiger partial charge is 0.315 e. The summed E-state index contributed by atoms with van der Waals surface area (Å²) >= 11 is 0. The second-order valence-corrected chi connectivity index (χ2v) is 7.20. The quantitative estimate of drug-likeness (QED) is 0.776. The van der Waals surface area contributed by atoms with Gasteiger partial charge < -0.3 is 10.6 Å². The van der Waals surface area contributed by atoms with Gasteiger partial charge in [0.05, 0.1) is 5.54 Å². The van der Waals surface area contributed by atoms with Gasteiger partial charge in [0.15, 0.2) is 0 Å². The van der Waals surface area contributed by atoms with Gasteiger partial charge in [-0.3, -0.25) is 0 Å². The van der Waals surface area contributed by atoms with E-state index in [9.17, 15) is 4.79 Å². The van der Waals surface area contributed by atoms with Gasteiger partial charge in [0, 0.05) is 5.54 Å². The number of hydrogen-bond donors (Lipinski definition) is 2. The van der Waals surface area contributed by atoms with Crippen molar-refractivity contribution in [3.05, 3.63) is 42.0 Å². The monoisotopic (exact) mass is 302 g/mol. The largest absolute Gasteiger partial charge is 0.333 e. The van der Waals surface area contributed by atoms with Crippen LogP contribution in [0.2, 0.25) is 0 Å². The molecule has 0 saturated heterocycles. The van der Waals surface area contributed by atoms with Crippen LogP contribution in [-0.4, -0.2) is 11.6 Å². The molecular formula is C19H30N2O. The number of nitrogens with one attached hydrogen (secondary N) is 2. The van der Waals surface area contributed by atoms with E-state index >= 15 is 0 Å². The van der Waals surface area contributed by atoms with Gasteiger partial charge in [0.1, 0.15) is 0 Å². The molecule has 0 atom stereocenters. The van der Waals surface area contributed by atoms with Gasteiger partial charge in [-0.15, -0.1) is 0 Å². The predicted octanol–water partition coefficient (Wildman–Crippen LogP) is 4.83. The molecule has 0 bridgehead atoms. The summed E-state index contributed by atoms with van der Waals surface area (Å²) in [5, 5.41) is 6.13. The summed E-state index contributed by atoms with van der Waals surface area (Å²) in [6, 6.07) is 8.02. The maximum Gasteiger partial charge on any atom is 0.315 e. The van der Waals surface area contributed by atoms with Crippen molar-refractivity contribution in [2.45, 2.75) is 65.5 Å². The number of allylic oxidation sites excluding steroid dienone is 1. The first kappa shape index (κ1) is 18.3. The summed E-state index contributed by atoms with van der Waals surface area (Å²) in [6.07, 6.45) is 1.99. The molecule has 1 rings (SSSR count). The van der Waals surface area contributed by atoms with Crippen LogP contribution < -0.4 is 10.6 Å². The molecule has 0 unspecified atom stereocenters. The van der Waals surface area contributed by atoms with E-state index in [1.54, 1.807) is 0 Å². The molecule has 0 aliphatic heterocycles. The van der Waals surface area contributed by atoms with Crippen molar-refractivity contribution < 1.29 is 4.79 Å². The normalized spacial score (nSPS) is 11.9. The van der Waals surface area contributed by atoms with E-state index in [0.717, 1.165) is 29.5 Å². The standard InChI is InChI=1S/C19H30N2O/c1-8-12-18(4,5)20-17(22)21-19(6,7)16-11-9-10-15(13-16)14(2)3/h9-11,13H,2,8,12H2,1,3-7H3,(H2,20,21,22). The summed E-state index contributed by atoms with van der Waals surface area (Å²) in [5.41, 5.74) is 2.54. The molecule has 0 saturated carbocycles. The first-order chi connectivity index (χ1) is 10.1. The summed E-state index contributed by atoms with van der Waals surface area (Å²) in [5.74, 6) is 0. The van der Waals surface area contributed by atoms with Crippen molar-refractivity contribution in [1.29, 1.82) is 0 Å². The third-order valence-electron chi connectivity index (χ3n) is 3.83. The maximum absolute atomic E-state index is 12.3. The molecule has 22 heavy (non-hydrogen) atoms. The molecule has 3 heteroatoms. The molecule has 122 valence electrons. The van der Waals surface area contributed by atoms with Crippen molar-refractivity contribution >= 4 is 11.6 Å². The summed E-state index contributed by atoms with van der Waals surface area (Å²) < 4.78 is 0. The number of hydrogen-bond acceptors (Lipinski definition) is 1. The number of rotatable bonds is 6. The van der Waals surface area contributed by atoms with Crippen LogP contribution in [-0.2, 0) is 5.54 Å². The van der Waals surface area contributed by atoms with Crippen molar-refractivity contribution in [1.82, 2.24) is 10.6 Å². The molecule has 0 aromatic heterocycles. The Morgan fingerprint density at radius 3 is 2.36 bits per heavy atom. The van der Waals surface area contributed by atoms with Crippen LogP contribution in [0.25, 0.3) is 5.57 Å². The zero-order valence-electron chi connectivity index (χ0n) is 14.8. The van der Waals surface area contributed by atoms with E-state index in [0.29, 0.717) is 0 Å². The van der Waals surface area contributed by atoms with Gasteiger partial charge in [-0.2, -0.15) is 0 Å². The highest BCUT2D eigenvalue weighted by Gasteiger charge is 2.26.